The molecule has 0 saturated heterocycles. The monoisotopic (exact) mass is 344 g/mol. The van der Waals surface area contributed by atoms with E-state index in [4.69, 9.17) is 16.3 Å². The maximum atomic E-state index is 9.40. The Hall–Kier alpha value is -0.880. The molecule has 2 aromatic rings. The average Bonchev–Trinajstić information content (AvgIpc) is 2.66. The number of benzene rings is 1. The van der Waals surface area contributed by atoms with E-state index in [1.165, 1.54) is 0 Å². The van der Waals surface area contributed by atoms with Crippen molar-refractivity contribution >= 4 is 27.5 Å². The number of aryl methyl sites for hydroxylation is 1. The van der Waals surface area contributed by atoms with Gasteiger partial charge in [-0.25, -0.2) is 4.68 Å². The fourth-order valence-corrected chi connectivity index (χ4v) is 2.67. The summed E-state index contributed by atoms with van der Waals surface area (Å²) in [5, 5.41) is 14.2. The van der Waals surface area contributed by atoms with Gasteiger partial charge in [0.25, 0.3) is 0 Å². The van der Waals surface area contributed by atoms with Crippen molar-refractivity contribution < 1.29 is 9.84 Å². The molecule has 0 atom stereocenters. The lowest BCUT2D eigenvalue weighted by molar-refractivity contribution is 0.178. The summed E-state index contributed by atoms with van der Waals surface area (Å²) in [6, 6.07) is 5.84. The molecule has 4 nitrogen and oxygen atoms in total. The molecule has 6 heteroatoms. The predicted octanol–water partition coefficient (Wildman–Crippen LogP) is 3.24. The van der Waals surface area contributed by atoms with Crippen LogP contribution in [0.1, 0.15) is 16.8 Å². The minimum absolute atomic E-state index is 0.160. The van der Waals surface area contributed by atoms with Gasteiger partial charge in [-0.05, 0) is 30.7 Å². The van der Waals surface area contributed by atoms with Crippen molar-refractivity contribution in [3.63, 3.8) is 0 Å². The Morgan fingerprint density at radius 3 is 2.79 bits per heavy atom. The highest BCUT2D eigenvalue weighted by Gasteiger charge is 2.17. The summed E-state index contributed by atoms with van der Waals surface area (Å²) in [5.41, 5.74) is 3.17. The lowest BCUT2D eigenvalue weighted by Gasteiger charge is -2.07. The second kappa shape index (κ2) is 6.05. The third-order valence-electron chi connectivity index (χ3n) is 2.83. The molecule has 19 heavy (non-hydrogen) atoms. The van der Waals surface area contributed by atoms with Gasteiger partial charge >= 0.3 is 0 Å². The minimum Gasteiger partial charge on any atom is -0.391 e. The molecule has 0 aliphatic heterocycles. The molecular weight excluding hydrogens is 332 g/mol. The van der Waals surface area contributed by atoms with Gasteiger partial charge < -0.3 is 9.84 Å². The van der Waals surface area contributed by atoms with E-state index < -0.39 is 0 Å². The van der Waals surface area contributed by atoms with Gasteiger partial charge in [-0.15, -0.1) is 0 Å². The zero-order valence-corrected chi connectivity index (χ0v) is 13.0. The van der Waals surface area contributed by atoms with Crippen LogP contribution in [-0.2, 0) is 18.0 Å². The molecule has 0 radical (unpaired) electrons. The molecule has 2 rings (SSSR count). The summed E-state index contributed by atoms with van der Waals surface area (Å²) in [4.78, 5) is 0. The SMILES string of the molecule is COCc1nn(-c2ccc(Br)cc2C)c(Cl)c1CO. The maximum absolute atomic E-state index is 9.40. The summed E-state index contributed by atoms with van der Waals surface area (Å²) >= 11 is 9.71. The van der Waals surface area contributed by atoms with Crippen molar-refractivity contribution in [2.24, 2.45) is 0 Å². The fraction of sp³-hybridized carbons (Fsp3) is 0.308. The van der Waals surface area contributed by atoms with Crippen molar-refractivity contribution in [3.05, 3.63) is 44.6 Å². The molecule has 0 unspecified atom stereocenters. The van der Waals surface area contributed by atoms with Gasteiger partial charge in [-0.1, -0.05) is 27.5 Å². The van der Waals surface area contributed by atoms with Gasteiger partial charge in [0.2, 0.25) is 0 Å². The number of hydrogen-bond donors (Lipinski definition) is 1. The predicted molar refractivity (Wildman–Crippen MR) is 77.6 cm³/mol. The number of aliphatic hydroxyl groups excluding tert-OH is 1. The van der Waals surface area contributed by atoms with Crippen LogP contribution in [0.25, 0.3) is 5.69 Å². The number of ether oxygens (including phenoxy) is 1. The number of methoxy groups -OCH3 is 1. The molecular formula is C13H14BrClN2O2. The van der Waals surface area contributed by atoms with Crippen molar-refractivity contribution in [2.45, 2.75) is 20.1 Å². The van der Waals surface area contributed by atoms with Crippen LogP contribution < -0.4 is 0 Å². The van der Waals surface area contributed by atoms with Gasteiger partial charge in [0.05, 0.1) is 24.6 Å². The number of aromatic nitrogens is 2. The van der Waals surface area contributed by atoms with Crippen LogP contribution in [0, 0.1) is 6.92 Å². The zero-order valence-electron chi connectivity index (χ0n) is 10.7. The number of hydrogen-bond acceptors (Lipinski definition) is 3. The number of aliphatic hydroxyl groups is 1. The number of rotatable bonds is 4. The second-order valence-electron chi connectivity index (χ2n) is 4.15. The molecule has 1 aromatic heterocycles. The Morgan fingerprint density at radius 1 is 1.47 bits per heavy atom. The van der Waals surface area contributed by atoms with Crippen LogP contribution >= 0.6 is 27.5 Å². The largest absolute Gasteiger partial charge is 0.391 e. The first kappa shape index (κ1) is 14.5. The highest BCUT2D eigenvalue weighted by atomic mass is 79.9. The van der Waals surface area contributed by atoms with E-state index in [0.717, 1.165) is 15.7 Å². The Kier molecular flexibility index (Phi) is 4.62. The van der Waals surface area contributed by atoms with E-state index >= 15 is 0 Å². The van der Waals surface area contributed by atoms with E-state index in [0.29, 0.717) is 23.0 Å². The van der Waals surface area contributed by atoms with E-state index in [2.05, 4.69) is 21.0 Å². The zero-order chi connectivity index (χ0) is 14.0. The molecule has 0 aliphatic carbocycles. The van der Waals surface area contributed by atoms with Gasteiger partial charge in [-0.3, -0.25) is 0 Å². The highest BCUT2D eigenvalue weighted by Crippen LogP contribution is 2.27. The van der Waals surface area contributed by atoms with Gasteiger partial charge in [0.1, 0.15) is 5.15 Å². The quantitative estimate of drug-likeness (QED) is 0.925. The average molecular weight is 346 g/mol. The van der Waals surface area contributed by atoms with Crippen LogP contribution in [0.3, 0.4) is 0 Å². The standard InChI is InChI=1S/C13H14BrClN2O2/c1-8-5-9(14)3-4-12(8)17-13(15)10(6-18)11(16-17)7-19-2/h3-5,18H,6-7H2,1-2H3. The lowest BCUT2D eigenvalue weighted by Crippen LogP contribution is -2.00. The maximum Gasteiger partial charge on any atom is 0.138 e. The van der Waals surface area contributed by atoms with E-state index in [9.17, 15) is 5.11 Å². The van der Waals surface area contributed by atoms with E-state index in [-0.39, 0.29) is 6.61 Å². The highest BCUT2D eigenvalue weighted by molar-refractivity contribution is 9.10. The first-order valence-corrected chi connectivity index (χ1v) is 6.88. The lowest BCUT2D eigenvalue weighted by atomic mass is 10.2. The number of nitrogens with zero attached hydrogens (tertiary/aromatic N) is 2. The topological polar surface area (TPSA) is 47.3 Å². The van der Waals surface area contributed by atoms with E-state index in [1.807, 2.05) is 25.1 Å². The normalized spacial score (nSPS) is 11.0. The third kappa shape index (κ3) is 2.84. The first-order valence-electron chi connectivity index (χ1n) is 5.71. The fourth-order valence-electron chi connectivity index (χ4n) is 1.90. The number of halogens is 2. The molecule has 0 aliphatic rings. The Balaban J connectivity index is 2.56. The summed E-state index contributed by atoms with van der Waals surface area (Å²) in [5.74, 6) is 0. The van der Waals surface area contributed by atoms with Crippen molar-refractivity contribution in [3.8, 4) is 5.69 Å². The van der Waals surface area contributed by atoms with Gasteiger partial charge in [-0.2, -0.15) is 5.10 Å². The Bertz CT molecular complexity index is 599. The molecule has 1 aromatic carbocycles. The van der Waals surface area contributed by atoms with Crippen LogP contribution in [0.2, 0.25) is 5.15 Å². The summed E-state index contributed by atoms with van der Waals surface area (Å²) in [6.45, 7) is 2.14. The first-order chi connectivity index (χ1) is 9.08. The summed E-state index contributed by atoms with van der Waals surface area (Å²) in [6.07, 6.45) is 0. The van der Waals surface area contributed by atoms with Crippen LogP contribution in [0.4, 0.5) is 0 Å². The minimum atomic E-state index is -0.160. The van der Waals surface area contributed by atoms with Crippen molar-refractivity contribution in [2.75, 3.05) is 7.11 Å². The Morgan fingerprint density at radius 2 is 2.21 bits per heavy atom. The second-order valence-corrected chi connectivity index (χ2v) is 5.42. The molecule has 0 amide bonds. The third-order valence-corrected chi connectivity index (χ3v) is 3.71. The Labute approximate surface area is 125 Å². The molecule has 0 spiro atoms. The van der Waals surface area contributed by atoms with Crippen LogP contribution in [-0.4, -0.2) is 22.0 Å². The molecule has 1 N–H and O–H groups in total. The smallest absolute Gasteiger partial charge is 0.138 e. The van der Waals surface area contributed by atoms with Crippen LogP contribution in [0.15, 0.2) is 22.7 Å². The van der Waals surface area contributed by atoms with Crippen molar-refractivity contribution in [1.82, 2.24) is 9.78 Å². The van der Waals surface area contributed by atoms with Gasteiger partial charge in [0.15, 0.2) is 0 Å². The molecule has 1 heterocycles. The van der Waals surface area contributed by atoms with Crippen molar-refractivity contribution in [1.29, 1.82) is 0 Å². The summed E-state index contributed by atoms with van der Waals surface area (Å²) in [7, 11) is 1.58. The summed E-state index contributed by atoms with van der Waals surface area (Å²) < 4.78 is 7.70. The van der Waals surface area contributed by atoms with Gasteiger partial charge in [0, 0.05) is 17.1 Å². The molecule has 102 valence electrons. The molecule has 0 bridgehead atoms. The van der Waals surface area contributed by atoms with Crippen LogP contribution in [0.5, 0.6) is 0 Å². The van der Waals surface area contributed by atoms with E-state index in [1.54, 1.807) is 11.8 Å². The molecule has 0 fully saturated rings. The molecule has 0 saturated carbocycles.